The van der Waals surface area contributed by atoms with Gasteiger partial charge in [0.1, 0.15) is 6.10 Å². The molecule has 0 aromatic rings. The molecule has 0 amide bonds. The van der Waals surface area contributed by atoms with Gasteiger partial charge in [-0.3, -0.25) is 4.79 Å². The maximum Gasteiger partial charge on any atom is 0.311 e. The van der Waals surface area contributed by atoms with Gasteiger partial charge in [0, 0.05) is 5.92 Å². The summed E-state index contributed by atoms with van der Waals surface area (Å²) in [5.74, 6) is 0.0351. The molecule has 0 aromatic carbocycles. The van der Waals surface area contributed by atoms with Gasteiger partial charge in [0.05, 0.1) is 18.6 Å². The average Bonchev–Trinajstić information content (AvgIpc) is 2.39. The van der Waals surface area contributed by atoms with Gasteiger partial charge in [-0.05, 0) is 27.2 Å². The van der Waals surface area contributed by atoms with Crippen LogP contribution in [0.25, 0.3) is 0 Å². The fourth-order valence-electron chi connectivity index (χ4n) is 1.95. The first-order valence-electron chi connectivity index (χ1n) is 6.74. The summed E-state index contributed by atoms with van der Waals surface area (Å²) < 4.78 is 16.7. The average molecular weight is 266 g/mol. The number of allylic oxidation sites excluding steroid dienone is 3. The van der Waals surface area contributed by atoms with E-state index in [1.807, 2.05) is 32.9 Å². The normalized spacial score (nSPS) is 31.2. The van der Waals surface area contributed by atoms with Crippen molar-refractivity contribution < 1.29 is 19.0 Å². The summed E-state index contributed by atoms with van der Waals surface area (Å²) in [4.78, 5) is 11.8. The summed E-state index contributed by atoms with van der Waals surface area (Å²) in [5.41, 5.74) is -0.492. The van der Waals surface area contributed by atoms with Gasteiger partial charge in [0.25, 0.3) is 0 Å². The third kappa shape index (κ3) is 3.91. The van der Waals surface area contributed by atoms with Crippen LogP contribution in [0.5, 0.6) is 0 Å². The molecule has 1 aliphatic heterocycles. The van der Waals surface area contributed by atoms with Crippen LogP contribution in [0.15, 0.2) is 24.3 Å². The predicted octanol–water partition coefficient (Wildman–Crippen LogP) is 2.45. The largest absolute Gasteiger partial charge is 0.457 e. The van der Waals surface area contributed by atoms with E-state index in [0.29, 0.717) is 13.2 Å². The molecule has 1 heterocycles. The van der Waals surface area contributed by atoms with Crippen LogP contribution >= 0.6 is 0 Å². The van der Waals surface area contributed by atoms with E-state index < -0.39 is 5.41 Å². The Kier molecular flexibility index (Phi) is 4.42. The van der Waals surface area contributed by atoms with E-state index in [0.717, 1.165) is 6.42 Å². The van der Waals surface area contributed by atoms with E-state index >= 15 is 0 Å². The number of hydrogen-bond acceptors (Lipinski definition) is 4. The van der Waals surface area contributed by atoms with Gasteiger partial charge in [-0.1, -0.05) is 24.3 Å². The lowest BCUT2D eigenvalue weighted by Gasteiger charge is -2.33. The van der Waals surface area contributed by atoms with Crippen molar-refractivity contribution >= 4 is 5.97 Å². The van der Waals surface area contributed by atoms with Crippen molar-refractivity contribution in [1.82, 2.24) is 0 Å². The highest BCUT2D eigenvalue weighted by atomic mass is 16.7. The molecule has 1 fully saturated rings. The van der Waals surface area contributed by atoms with Crippen LogP contribution in [0, 0.1) is 11.3 Å². The molecule has 0 saturated carbocycles. The SMILES string of the molecule is CC(C)(C)C(=O)OC1COC(C2C=CC=CC2)OC1. The number of carbonyl (C=O) groups is 1. The summed E-state index contributed by atoms with van der Waals surface area (Å²) in [6.45, 7) is 6.31. The molecule has 1 aliphatic carbocycles. The Morgan fingerprint density at radius 2 is 1.89 bits per heavy atom. The monoisotopic (exact) mass is 266 g/mol. The smallest absolute Gasteiger partial charge is 0.311 e. The van der Waals surface area contributed by atoms with Gasteiger partial charge >= 0.3 is 5.97 Å². The summed E-state index contributed by atoms with van der Waals surface area (Å²) in [6.07, 6.45) is 8.61. The molecule has 0 N–H and O–H groups in total. The summed E-state index contributed by atoms with van der Waals surface area (Å²) in [6, 6.07) is 0. The van der Waals surface area contributed by atoms with Crippen molar-refractivity contribution in [1.29, 1.82) is 0 Å². The number of ether oxygens (including phenoxy) is 3. The second-order valence-corrected chi connectivity index (χ2v) is 6.02. The van der Waals surface area contributed by atoms with E-state index in [1.54, 1.807) is 0 Å². The molecule has 19 heavy (non-hydrogen) atoms. The first-order valence-corrected chi connectivity index (χ1v) is 6.74. The Morgan fingerprint density at radius 1 is 1.21 bits per heavy atom. The van der Waals surface area contributed by atoms with Crippen molar-refractivity contribution in [2.75, 3.05) is 13.2 Å². The molecule has 0 spiro atoms. The molecule has 1 unspecified atom stereocenters. The molecule has 4 nitrogen and oxygen atoms in total. The molecular weight excluding hydrogens is 244 g/mol. The second-order valence-electron chi connectivity index (χ2n) is 6.02. The van der Waals surface area contributed by atoms with Gasteiger partial charge in [0.2, 0.25) is 0 Å². The molecule has 2 aliphatic rings. The van der Waals surface area contributed by atoms with Gasteiger partial charge in [0.15, 0.2) is 6.29 Å². The number of esters is 1. The van der Waals surface area contributed by atoms with Crippen LogP contribution in [0.2, 0.25) is 0 Å². The lowest BCUT2D eigenvalue weighted by molar-refractivity contribution is -0.240. The first kappa shape index (κ1) is 14.3. The molecule has 1 saturated heterocycles. The zero-order valence-corrected chi connectivity index (χ0v) is 11.8. The minimum absolute atomic E-state index is 0.219. The van der Waals surface area contributed by atoms with Crippen LogP contribution < -0.4 is 0 Å². The number of rotatable bonds is 2. The van der Waals surface area contributed by atoms with Crippen LogP contribution in [0.4, 0.5) is 0 Å². The second kappa shape index (κ2) is 5.88. The van der Waals surface area contributed by atoms with Gasteiger partial charge in [-0.2, -0.15) is 0 Å². The summed E-state index contributed by atoms with van der Waals surface area (Å²) >= 11 is 0. The molecule has 0 radical (unpaired) electrons. The van der Waals surface area contributed by atoms with Crippen molar-refractivity contribution in [3.63, 3.8) is 0 Å². The Labute approximate surface area is 114 Å². The van der Waals surface area contributed by atoms with Crippen LogP contribution in [0.3, 0.4) is 0 Å². The quantitative estimate of drug-likeness (QED) is 0.720. The number of carbonyl (C=O) groups excluding carboxylic acids is 1. The molecule has 0 aromatic heterocycles. The van der Waals surface area contributed by atoms with Crippen LogP contribution in [-0.2, 0) is 19.0 Å². The van der Waals surface area contributed by atoms with E-state index in [9.17, 15) is 4.79 Å². The van der Waals surface area contributed by atoms with E-state index in [-0.39, 0.29) is 24.3 Å². The maximum absolute atomic E-state index is 11.8. The topological polar surface area (TPSA) is 44.8 Å². The van der Waals surface area contributed by atoms with Crippen molar-refractivity contribution in [3.05, 3.63) is 24.3 Å². The fourth-order valence-corrected chi connectivity index (χ4v) is 1.95. The first-order chi connectivity index (χ1) is 8.97. The highest BCUT2D eigenvalue weighted by Gasteiger charge is 2.32. The predicted molar refractivity (Wildman–Crippen MR) is 71.4 cm³/mol. The number of hydrogen-bond donors (Lipinski definition) is 0. The summed E-state index contributed by atoms with van der Waals surface area (Å²) in [5, 5.41) is 0. The third-order valence-electron chi connectivity index (χ3n) is 3.14. The molecule has 0 bridgehead atoms. The lowest BCUT2D eigenvalue weighted by Crippen LogP contribution is -2.43. The zero-order chi connectivity index (χ0) is 13.9. The van der Waals surface area contributed by atoms with E-state index in [2.05, 4.69) is 12.2 Å². The highest BCUT2D eigenvalue weighted by molar-refractivity contribution is 5.75. The summed E-state index contributed by atoms with van der Waals surface area (Å²) in [7, 11) is 0. The molecule has 106 valence electrons. The Hall–Kier alpha value is -1.13. The van der Waals surface area contributed by atoms with Crippen molar-refractivity contribution in [3.8, 4) is 0 Å². The van der Waals surface area contributed by atoms with Crippen molar-refractivity contribution in [2.24, 2.45) is 11.3 Å². The van der Waals surface area contributed by atoms with Gasteiger partial charge < -0.3 is 14.2 Å². The van der Waals surface area contributed by atoms with E-state index in [1.165, 1.54) is 0 Å². The minimum Gasteiger partial charge on any atom is -0.457 e. The zero-order valence-electron chi connectivity index (χ0n) is 11.8. The molecule has 1 atom stereocenters. The standard InChI is InChI=1S/C15H22O4/c1-15(2,3)14(16)19-12-9-17-13(18-10-12)11-7-5-4-6-8-11/h4-7,11-13H,8-10H2,1-3H3. The third-order valence-corrected chi connectivity index (χ3v) is 3.14. The maximum atomic E-state index is 11.8. The van der Waals surface area contributed by atoms with Crippen LogP contribution in [-0.4, -0.2) is 31.6 Å². The molecule has 2 rings (SSSR count). The highest BCUT2D eigenvalue weighted by Crippen LogP contribution is 2.24. The minimum atomic E-state index is -0.492. The van der Waals surface area contributed by atoms with Crippen molar-refractivity contribution in [2.45, 2.75) is 39.6 Å². The van der Waals surface area contributed by atoms with Crippen LogP contribution in [0.1, 0.15) is 27.2 Å². The molecular formula is C15H22O4. The lowest BCUT2D eigenvalue weighted by atomic mass is 9.97. The Morgan fingerprint density at radius 3 is 2.42 bits per heavy atom. The Bertz CT molecular complexity index is 370. The Balaban J connectivity index is 1.78. The van der Waals surface area contributed by atoms with E-state index in [4.69, 9.17) is 14.2 Å². The van der Waals surface area contributed by atoms with Gasteiger partial charge in [-0.25, -0.2) is 0 Å². The molecule has 4 heteroatoms. The fraction of sp³-hybridized carbons (Fsp3) is 0.667. The van der Waals surface area contributed by atoms with Gasteiger partial charge in [-0.15, -0.1) is 0 Å².